The molecule has 1 N–H and O–H groups in total. The van der Waals surface area contributed by atoms with E-state index in [0.717, 1.165) is 31.7 Å². The fourth-order valence-electron chi connectivity index (χ4n) is 3.97. The van der Waals surface area contributed by atoms with Gasteiger partial charge in [-0.1, -0.05) is 12.8 Å². The normalized spacial score (nSPS) is 39.9. The van der Waals surface area contributed by atoms with Crippen molar-refractivity contribution in [3.63, 3.8) is 0 Å². The molecular formula is C14H26N2O. The SMILES string of the molecule is C1CCC2C(C1)CCCN2CC1COCCN1. The molecule has 0 radical (unpaired) electrons. The molecule has 0 aromatic heterocycles. The van der Waals surface area contributed by atoms with Gasteiger partial charge in [0.15, 0.2) is 0 Å². The van der Waals surface area contributed by atoms with Crippen LogP contribution < -0.4 is 5.32 Å². The van der Waals surface area contributed by atoms with Crippen LogP contribution in [0.5, 0.6) is 0 Å². The van der Waals surface area contributed by atoms with Gasteiger partial charge in [-0.3, -0.25) is 4.90 Å². The summed E-state index contributed by atoms with van der Waals surface area (Å²) in [6.07, 6.45) is 8.74. The minimum atomic E-state index is 0.574. The van der Waals surface area contributed by atoms with E-state index in [9.17, 15) is 0 Å². The Labute approximate surface area is 105 Å². The molecule has 1 aliphatic carbocycles. The summed E-state index contributed by atoms with van der Waals surface area (Å²) < 4.78 is 5.57. The molecule has 3 unspecified atom stereocenters. The highest BCUT2D eigenvalue weighted by Gasteiger charge is 2.34. The lowest BCUT2D eigenvalue weighted by atomic mass is 9.78. The second-order valence-electron chi connectivity index (χ2n) is 5.98. The number of ether oxygens (including phenoxy) is 1. The highest BCUT2D eigenvalue weighted by molar-refractivity contribution is 4.89. The van der Waals surface area contributed by atoms with Crippen molar-refractivity contribution in [1.29, 1.82) is 0 Å². The van der Waals surface area contributed by atoms with Gasteiger partial charge in [0.25, 0.3) is 0 Å². The monoisotopic (exact) mass is 238 g/mol. The van der Waals surface area contributed by atoms with Crippen molar-refractivity contribution in [2.45, 2.75) is 50.6 Å². The molecule has 0 bridgehead atoms. The maximum Gasteiger partial charge on any atom is 0.0632 e. The lowest BCUT2D eigenvalue weighted by molar-refractivity contribution is 0.0199. The van der Waals surface area contributed by atoms with Gasteiger partial charge < -0.3 is 10.1 Å². The quantitative estimate of drug-likeness (QED) is 0.791. The second-order valence-corrected chi connectivity index (χ2v) is 5.98. The van der Waals surface area contributed by atoms with Gasteiger partial charge in [-0.25, -0.2) is 0 Å². The van der Waals surface area contributed by atoms with Crippen molar-refractivity contribution < 1.29 is 4.74 Å². The van der Waals surface area contributed by atoms with Crippen LogP contribution in [0.1, 0.15) is 38.5 Å². The van der Waals surface area contributed by atoms with E-state index in [4.69, 9.17) is 4.74 Å². The Balaban J connectivity index is 1.56. The molecule has 3 nitrogen and oxygen atoms in total. The van der Waals surface area contributed by atoms with E-state index in [0.29, 0.717) is 6.04 Å². The number of likely N-dealkylation sites (tertiary alicyclic amines) is 1. The van der Waals surface area contributed by atoms with E-state index in [1.165, 1.54) is 51.6 Å². The first-order valence-electron chi connectivity index (χ1n) is 7.48. The van der Waals surface area contributed by atoms with Crippen LogP contribution in [0.25, 0.3) is 0 Å². The summed E-state index contributed by atoms with van der Waals surface area (Å²) in [7, 11) is 0. The number of morpholine rings is 1. The number of nitrogens with one attached hydrogen (secondary N) is 1. The molecular weight excluding hydrogens is 212 g/mol. The van der Waals surface area contributed by atoms with Gasteiger partial charge in [0.2, 0.25) is 0 Å². The predicted molar refractivity (Wildman–Crippen MR) is 69.2 cm³/mol. The molecule has 2 aliphatic heterocycles. The molecule has 2 heterocycles. The van der Waals surface area contributed by atoms with Gasteiger partial charge in [-0.15, -0.1) is 0 Å². The van der Waals surface area contributed by atoms with Crippen molar-refractivity contribution >= 4 is 0 Å². The predicted octanol–water partition coefficient (Wildman–Crippen LogP) is 1.63. The Hall–Kier alpha value is -0.120. The number of hydrogen-bond donors (Lipinski definition) is 1. The van der Waals surface area contributed by atoms with Gasteiger partial charge in [0.1, 0.15) is 0 Å². The molecule has 3 fully saturated rings. The Bertz CT molecular complexity index is 238. The third-order valence-corrected chi connectivity index (χ3v) is 4.81. The first-order chi connectivity index (χ1) is 8.43. The molecule has 17 heavy (non-hydrogen) atoms. The van der Waals surface area contributed by atoms with Crippen LogP contribution in [0.2, 0.25) is 0 Å². The summed E-state index contributed by atoms with van der Waals surface area (Å²) in [6.45, 7) is 5.36. The maximum absolute atomic E-state index is 5.57. The number of rotatable bonds is 2. The smallest absolute Gasteiger partial charge is 0.0632 e. The van der Waals surface area contributed by atoms with E-state index in [-0.39, 0.29) is 0 Å². The van der Waals surface area contributed by atoms with E-state index in [2.05, 4.69) is 10.2 Å². The molecule has 3 rings (SSSR count). The minimum Gasteiger partial charge on any atom is -0.378 e. The summed E-state index contributed by atoms with van der Waals surface area (Å²) >= 11 is 0. The molecule has 98 valence electrons. The summed E-state index contributed by atoms with van der Waals surface area (Å²) in [6, 6.07) is 1.46. The van der Waals surface area contributed by atoms with Crippen LogP contribution in [0.4, 0.5) is 0 Å². The highest BCUT2D eigenvalue weighted by Crippen LogP contribution is 2.35. The number of fused-ring (bicyclic) bond motifs is 1. The fraction of sp³-hybridized carbons (Fsp3) is 1.00. The Kier molecular flexibility index (Phi) is 3.99. The van der Waals surface area contributed by atoms with Crippen LogP contribution >= 0.6 is 0 Å². The standard InChI is InChI=1S/C14H26N2O/c1-2-6-14-12(4-1)5-3-8-16(14)10-13-11-17-9-7-15-13/h12-15H,1-11H2. The van der Waals surface area contributed by atoms with E-state index in [1.54, 1.807) is 0 Å². The summed E-state index contributed by atoms with van der Waals surface area (Å²) in [5.74, 6) is 1.00. The van der Waals surface area contributed by atoms with Crippen molar-refractivity contribution in [2.24, 2.45) is 5.92 Å². The van der Waals surface area contributed by atoms with E-state index in [1.807, 2.05) is 0 Å². The van der Waals surface area contributed by atoms with Crippen molar-refractivity contribution in [3.05, 3.63) is 0 Å². The van der Waals surface area contributed by atoms with Crippen LogP contribution in [0.3, 0.4) is 0 Å². The molecule has 3 atom stereocenters. The second kappa shape index (κ2) is 5.68. The molecule has 1 saturated carbocycles. The first kappa shape index (κ1) is 11.9. The molecule has 3 heteroatoms. The van der Waals surface area contributed by atoms with Gasteiger partial charge in [0, 0.05) is 25.2 Å². The Morgan fingerprint density at radius 3 is 2.88 bits per heavy atom. The van der Waals surface area contributed by atoms with E-state index < -0.39 is 0 Å². The summed E-state index contributed by atoms with van der Waals surface area (Å²) in [4.78, 5) is 2.76. The van der Waals surface area contributed by atoms with Crippen molar-refractivity contribution in [2.75, 3.05) is 32.8 Å². The third kappa shape index (κ3) is 2.83. The largest absolute Gasteiger partial charge is 0.378 e. The lowest BCUT2D eigenvalue weighted by Crippen LogP contribution is -2.54. The number of nitrogens with zero attached hydrogens (tertiary/aromatic N) is 1. The molecule has 0 aromatic carbocycles. The van der Waals surface area contributed by atoms with E-state index >= 15 is 0 Å². The first-order valence-corrected chi connectivity index (χ1v) is 7.48. The Morgan fingerprint density at radius 1 is 1.12 bits per heavy atom. The molecule has 0 amide bonds. The van der Waals surface area contributed by atoms with Crippen LogP contribution in [0.15, 0.2) is 0 Å². The lowest BCUT2D eigenvalue weighted by Gasteiger charge is -2.45. The van der Waals surface area contributed by atoms with Gasteiger partial charge in [-0.05, 0) is 38.1 Å². The topological polar surface area (TPSA) is 24.5 Å². The zero-order valence-electron chi connectivity index (χ0n) is 10.9. The van der Waals surface area contributed by atoms with Crippen LogP contribution in [-0.2, 0) is 4.74 Å². The summed E-state index contributed by atoms with van der Waals surface area (Å²) in [5, 5.41) is 3.60. The molecule has 0 aromatic rings. The summed E-state index contributed by atoms with van der Waals surface area (Å²) in [5.41, 5.74) is 0. The number of hydrogen-bond acceptors (Lipinski definition) is 3. The number of piperidine rings is 1. The molecule has 3 aliphatic rings. The van der Waals surface area contributed by atoms with Crippen LogP contribution in [-0.4, -0.2) is 49.8 Å². The molecule has 2 saturated heterocycles. The van der Waals surface area contributed by atoms with Crippen LogP contribution in [0, 0.1) is 5.92 Å². The Morgan fingerprint density at radius 2 is 2.00 bits per heavy atom. The fourth-order valence-corrected chi connectivity index (χ4v) is 3.97. The van der Waals surface area contributed by atoms with Crippen molar-refractivity contribution in [1.82, 2.24) is 10.2 Å². The minimum absolute atomic E-state index is 0.574. The maximum atomic E-state index is 5.57. The molecule has 0 spiro atoms. The average molecular weight is 238 g/mol. The van der Waals surface area contributed by atoms with Gasteiger partial charge >= 0.3 is 0 Å². The van der Waals surface area contributed by atoms with Gasteiger partial charge in [0.05, 0.1) is 13.2 Å². The van der Waals surface area contributed by atoms with Gasteiger partial charge in [-0.2, -0.15) is 0 Å². The third-order valence-electron chi connectivity index (χ3n) is 4.81. The zero-order valence-corrected chi connectivity index (χ0v) is 10.9. The highest BCUT2D eigenvalue weighted by atomic mass is 16.5. The zero-order chi connectivity index (χ0) is 11.5. The van der Waals surface area contributed by atoms with Crippen molar-refractivity contribution in [3.8, 4) is 0 Å². The average Bonchev–Trinajstić information content (AvgIpc) is 2.40.